The summed E-state index contributed by atoms with van der Waals surface area (Å²) in [4.78, 5) is 4.21. The SMILES string of the molecule is C.C.Cc1ccnc(-c2ccccc2O)c1.[B]. The lowest BCUT2D eigenvalue weighted by molar-refractivity contribution is 0.477. The van der Waals surface area contributed by atoms with E-state index in [1.54, 1.807) is 18.3 Å². The van der Waals surface area contributed by atoms with Crippen LogP contribution in [-0.2, 0) is 0 Å². The first-order chi connectivity index (χ1) is 6.77. The molecule has 0 fully saturated rings. The summed E-state index contributed by atoms with van der Waals surface area (Å²) in [5.74, 6) is 0.269. The molecule has 3 heteroatoms. The largest absolute Gasteiger partial charge is 0.507 e. The lowest BCUT2D eigenvalue weighted by Crippen LogP contribution is -1.84. The summed E-state index contributed by atoms with van der Waals surface area (Å²) < 4.78 is 0. The van der Waals surface area contributed by atoms with Crippen LogP contribution in [0, 0.1) is 6.92 Å². The van der Waals surface area contributed by atoms with E-state index in [9.17, 15) is 5.11 Å². The van der Waals surface area contributed by atoms with E-state index in [1.165, 1.54) is 0 Å². The van der Waals surface area contributed by atoms with Crippen LogP contribution in [0.4, 0.5) is 0 Å². The van der Waals surface area contributed by atoms with Gasteiger partial charge in [0.1, 0.15) is 5.75 Å². The standard InChI is InChI=1S/C12H11NO.2CH4.B/c1-9-6-7-13-11(8-9)10-4-2-3-5-12(10)14;;;/h2-8,14H,1H3;2*1H4;. The van der Waals surface area contributed by atoms with Gasteiger partial charge in [-0.15, -0.1) is 0 Å². The topological polar surface area (TPSA) is 33.1 Å². The number of nitrogens with zero attached hydrogens (tertiary/aromatic N) is 1. The molecule has 0 atom stereocenters. The number of hydrogen-bond acceptors (Lipinski definition) is 2. The highest BCUT2D eigenvalue weighted by Gasteiger charge is 2.03. The third kappa shape index (κ3) is 3.95. The van der Waals surface area contributed by atoms with Crippen LogP contribution in [-0.4, -0.2) is 18.5 Å². The molecule has 0 saturated heterocycles. The van der Waals surface area contributed by atoms with Crippen molar-refractivity contribution in [1.82, 2.24) is 4.98 Å². The Labute approximate surface area is 106 Å². The van der Waals surface area contributed by atoms with Crippen LogP contribution in [0.3, 0.4) is 0 Å². The van der Waals surface area contributed by atoms with Crippen molar-refractivity contribution in [3.63, 3.8) is 0 Å². The van der Waals surface area contributed by atoms with Crippen LogP contribution in [0.2, 0.25) is 0 Å². The lowest BCUT2D eigenvalue weighted by Gasteiger charge is -2.03. The Hall–Kier alpha value is -1.77. The number of aromatic nitrogens is 1. The molecular formula is C14H19BNO. The van der Waals surface area contributed by atoms with E-state index < -0.39 is 0 Å². The number of phenolic OH excluding ortho intramolecular Hbond substituents is 1. The van der Waals surface area contributed by atoms with Crippen molar-refractivity contribution in [2.24, 2.45) is 0 Å². The van der Waals surface area contributed by atoms with Crippen LogP contribution in [0.1, 0.15) is 20.4 Å². The fourth-order valence-corrected chi connectivity index (χ4v) is 1.37. The van der Waals surface area contributed by atoms with Gasteiger partial charge in [0.15, 0.2) is 0 Å². The van der Waals surface area contributed by atoms with Crippen molar-refractivity contribution < 1.29 is 5.11 Å². The molecule has 2 aromatic rings. The average molecular weight is 228 g/mol. The molecular weight excluding hydrogens is 209 g/mol. The van der Waals surface area contributed by atoms with Crippen LogP contribution in [0.5, 0.6) is 5.75 Å². The van der Waals surface area contributed by atoms with Crippen molar-refractivity contribution in [1.29, 1.82) is 0 Å². The third-order valence-electron chi connectivity index (χ3n) is 2.10. The molecule has 0 aliphatic rings. The predicted molar refractivity (Wildman–Crippen MR) is 75.3 cm³/mol. The second-order valence-corrected chi connectivity index (χ2v) is 3.24. The Bertz CT molecular complexity index is 457. The summed E-state index contributed by atoms with van der Waals surface area (Å²) in [6, 6.07) is 11.1. The maximum atomic E-state index is 9.61. The fourth-order valence-electron chi connectivity index (χ4n) is 1.37. The molecule has 89 valence electrons. The summed E-state index contributed by atoms with van der Waals surface area (Å²) >= 11 is 0. The van der Waals surface area contributed by atoms with Gasteiger partial charge in [0, 0.05) is 20.2 Å². The van der Waals surface area contributed by atoms with Crippen molar-refractivity contribution in [3.05, 3.63) is 48.2 Å². The second kappa shape index (κ2) is 7.50. The highest BCUT2D eigenvalue weighted by molar-refractivity contribution is 5.75. The zero-order valence-electron chi connectivity index (χ0n) is 8.51. The normalized spacial score (nSPS) is 8.29. The Morgan fingerprint density at radius 3 is 2.29 bits per heavy atom. The van der Waals surface area contributed by atoms with Crippen molar-refractivity contribution in [2.75, 3.05) is 0 Å². The minimum Gasteiger partial charge on any atom is -0.507 e. The van der Waals surface area contributed by atoms with E-state index in [-0.39, 0.29) is 29.0 Å². The molecule has 2 rings (SSSR count). The molecule has 1 heterocycles. The van der Waals surface area contributed by atoms with Crippen LogP contribution in [0.15, 0.2) is 42.6 Å². The molecule has 0 aliphatic carbocycles. The van der Waals surface area contributed by atoms with Crippen LogP contribution < -0.4 is 0 Å². The van der Waals surface area contributed by atoms with E-state index in [4.69, 9.17) is 0 Å². The number of pyridine rings is 1. The molecule has 3 radical (unpaired) electrons. The summed E-state index contributed by atoms with van der Waals surface area (Å²) in [5, 5.41) is 9.61. The van der Waals surface area contributed by atoms with Crippen molar-refractivity contribution >= 4 is 8.41 Å². The lowest BCUT2D eigenvalue weighted by atomic mass is 10.1. The van der Waals surface area contributed by atoms with Gasteiger partial charge >= 0.3 is 0 Å². The van der Waals surface area contributed by atoms with Gasteiger partial charge in [0.2, 0.25) is 0 Å². The molecule has 0 bridgehead atoms. The number of aromatic hydroxyl groups is 1. The summed E-state index contributed by atoms with van der Waals surface area (Å²) in [6.07, 6.45) is 1.75. The van der Waals surface area contributed by atoms with E-state index in [0.717, 1.165) is 16.8 Å². The average Bonchev–Trinajstić information content (AvgIpc) is 2.18. The number of phenols is 1. The third-order valence-corrected chi connectivity index (χ3v) is 2.10. The van der Waals surface area contributed by atoms with Gasteiger partial charge in [-0.05, 0) is 36.8 Å². The zero-order chi connectivity index (χ0) is 9.97. The van der Waals surface area contributed by atoms with Gasteiger partial charge in [-0.25, -0.2) is 0 Å². The first-order valence-electron chi connectivity index (χ1n) is 4.48. The van der Waals surface area contributed by atoms with Gasteiger partial charge in [0.25, 0.3) is 0 Å². The van der Waals surface area contributed by atoms with Crippen LogP contribution in [0.25, 0.3) is 11.3 Å². The molecule has 2 nitrogen and oxygen atoms in total. The monoisotopic (exact) mass is 228 g/mol. The van der Waals surface area contributed by atoms with E-state index in [0.29, 0.717) is 0 Å². The Morgan fingerprint density at radius 1 is 1.06 bits per heavy atom. The van der Waals surface area contributed by atoms with Crippen molar-refractivity contribution in [3.8, 4) is 17.0 Å². The van der Waals surface area contributed by atoms with E-state index >= 15 is 0 Å². The molecule has 1 aromatic carbocycles. The number of benzene rings is 1. The Morgan fingerprint density at radius 2 is 1.71 bits per heavy atom. The Kier molecular flexibility index (Phi) is 7.77. The zero-order valence-corrected chi connectivity index (χ0v) is 8.51. The van der Waals surface area contributed by atoms with E-state index in [1.807, 2.05) is 31.2 Å². The minimum absolute atomic E-state index is 0. The highest BCUT2D eigenvalue weighted by atomic mass is 16.3. The van der Waals surface area contributed by atoms with Gasteiger partial charge in [-0.2, -0.15) is 0 Å². The van der Waals surface area contributed by atoms with Gasteiger partial charge in [0.05, 0.1) is 5.69 Å². The number of aryl methyl sites for hydroxylation is 1. The van der Waals surface area contributed by atoms with Gasteiger partial charge in [-0.3, -0.25) is 4.98 Å². The molecule has 0 amide bonds. The molecule has 0 spiro atoms. The number of hydrogen-bond donors (Lipinski definition) is 1. The summed E-state index contributed by atoms with van der Waals surface area (Å²) in [5.41, 5.74) is 2.72. The highest BCUT2D eigenvalue weighted by Crippen LogP contribution is 2.26. The summed E-state index contributed by atoms with van der Waals surface area (Å²) in [6.45, 7) is 2.01. The minimum atomic E-state index is 0. The molecule has 1 N–H and O–H groups in total. The maximum absolute atomic E-state index is 9.61. The number of rotatable bonds is 1. The smallest absolute Gasteiger partial charge is 0.124 e. The molecule has 1 aromatic heterocycles. The number of para-hydroxylation sites is 1. The van der Waals surface area contributed by atoms with Crippen LogP contribution >= 0.6 is 0 Å². The molecule has 0 unspecified atom stereocenters. The van der Waals surface area contributed by atoms with E-state index in [2.05, 4.69) is 4.98 Å². The second-order valence-electron chi connectivity index (χ2n) is 3.24. The van der Waals surface area contributed by atoms with Crippen molar-refractivity contribution in [2.45, 2.75) is 21.8 Å². The molecule has 0 aliphatic heterocycles. The Balaban J connectivity index is 0. The van der Waals surface area contributed by atoms with Gasteiger partial charge < -0.3 is 5.11 Å². The fraction of sp³-hybridized carbons (Fsp3) is 0.214. The summed E-state index contributed by atoms with van der Waals surface area (Å²) in [7, 11) is 0. The molecule has 0 saturated carbocycles. The quantitative estimate of drug-likeness (QED) is 0.755. The first kappa shape index (κ1) is 17.6. The predicted octanol–water partition coefficient (Wildman–Crippen LogP) is 3.65. The van der Waals surface area contributed by atoms with Gasteiger partial charge in [-0.1, -0.05) is 27.0 Å². The first-order valence-corrected chi connectivity index (χ1v) is 4.48. The molecule has 17 heavy (non-hydrogen) atoms. The maximum Gasteiger partial charge on any atom is 0.124 e.